The summed E-state index contributed by atoms with van der Waals surface area (Å²) in [6, 6.07) is 3.70. The van der Waals surface area contributed by atoms with Crippen molar-refractivity contribution >= 4 is 23.1 Å². The molecule has 12 heteroatoms. The lowest BCUT2D eigenvalue weighted by molar-refractivity contribution is 0.204. The Morgan fingerprint density at radius 2 is 2.14 bits per heavy atom. The Kier molecular flexibility index (Phi) is 6.64. The summed E-state index contributed by atoms with van der Waals surface area (Å²) in [4.78, 5) is 6.76. The van der Waals surface area contributed by atoms with Crippen molar-refractivity contribution in [2.45, 2.75) is 26.4 Å². The van der Waals surface area contributed by atoms with Crippen LogP contribution in [0.3, 0.4) is 0 Å². The number of pyridine rings is 1. The quantitative estimate of drug-likeness (QED) is 0.429. The summed E-state index contributed by atoms with van der Waals surface area (Å²) < 4.78 is 15.4. The molecular formula is C25H29N9O3. The summed E-state index contributed by atoms with van der Waals surface area (Å²) in [6.45, 7) is 5.15. The Morgan fingerprint density at radius 1 is 1.30 bits per heavy atom. The maximum atomic E-state index is 9.89. The predicted molar refractivity (Wildman–Crippen MR) is 137 cm³/mol. The van der Waals surface area contributed by atoms with E-state index in [4.69, 9.17) is 14.7 Å². The number of nitrogens with one attached hydrogen (secondary N) is 1. The number of nitriles is 1. The van der Waals surface area contributed by atoms with Crippen molar-refractivity contribution in [3.8, 4) is 29.1 Å². The minimum atomic E-state index is -0.284. The standard InChI is InChI=1S/C25H29N9O3/c1-15(14-35)34-22-13-32(3)8-10-37-25-23(16(2)30-33(25)4)20-11-18-19(28-29-21(18)12-27-20)6-5-17(22)24(31-34)36-9-7-26/h5-6,11-12,15,35H,8-10,13-14H2,1-4H3,(H,28,29)/b6-5+. The summed E-state index contributed by atoms with van der Waals surface area (Å²) in [7, 11) is 3.85. The van der Waals surface area contributed by atoms with Crippen molar-refractivity contribution in [3.63, 3.8) is 0 Å². The van der Waals surface area contributed by atoms with E-state index in [2.05, 4.69) is 30.3 Å². The highest BCUT2D eigenvalue weighted by Gasteiger charge is 2.23. The number of H-pyrrole nitrogens is 1. The first-order chi connectivity index (χ1) is 17.9. The van der Waals surface area contributed by atoms with E-state index in [0.29, 0.717) is 37.2 Å². The Hall–Kier alpha value is -4.21. The van der Waals surface area contributed by atoms with Gasteiger partial charge in [0.05, 0.1) is 58.3 Å². The summed E-state index contributed by atoms with van der Waals surface area (Å²) in [5.41, 5.74) is 5.51. The third-order valence-electron chi connectivity index (χ3n) is 6.41. The second kappa shape index (κ2) is 10.0. The number of aliphatic hydroxyl groups excluding tert-OH is 1. The van der Waals surface area contributed by atoms with Crippen LogP contribution in [-0.2, 0) is 13.6 Å². The van der Waals surface area contributed by atoms with E-state index in [0.717, 1.165) is 39.1 Å². The van der Waals surface area contributed by atoms with Crippen molar-refractivity contribution in [2.75, 3.05) is 33.4 Å². The van der Waals surface area contributed by atoms with E-state index >= 15 is 0 Å². The number of aryl methyl sites for hydroxylation is 2. The van der Waals surface area contributed by atoms with E-state index in [-0.39, 0.29) is 19.3 Å². The lowest BCUT2D eigenvalue weighted by atomic mass is 10.1. The van der Waals surface area contributed by atoms with Crippen LogP contribution in [0.4, 0.5) is 0 Å². The van der Waals surface area contributed by atoms with Crippen LogP contribution in [0.15, 0.2) is 12.3 Å². The predicted octanol–water partition coefficient (Wildman–Crippen LogP) is 2.31. The fourth-order valence-electron chi connectivity index (χ4n) is 4.53. The number of rotatable bonds is 4. The van der Waals surface area contributed by atoms with Gasteiger partial charge in [-0.1, -0.05) is 0 Å². The van der Waals surface area contributed by atoms with Gasteiger partial charge in [0.2, 0.25) is 11.8 Å². The number of aliphatic hydroxyl groups is 1. The molecule has 2 bridgehead atoms. The normalized spacial score (nSPS) is 15.8. The molecule has 0 spiro atoms. The molecule has 2 N–H and O–H groups in total. The zero-order valence-corrected chi connectivity index (χ0v) is 21.3. The van der Waals surface area contributed by atoms with Crippen molar-refractivity contribution in [3.05, 3.63) is 34.9 Å². The molecule has 5 heterocycles. The first kappa shape index (κ1) is 24.5. The summed E-state index contributed by atoms with van der Waals surface area (Å²) in [6.07, 6.45) is 5.55. The highest BCUT2D eigenvalue weighted by Crippen LogP contribution is 2.34. The molecule has 12 nitrogen and oxygen atoms in total. The molecule has 1 unspecified atom stereocenters. The van der Waals surface area contributed by atoms with E-state index in [1.165, 1.54) is 0 Å². The Balaban J connectivity index is 1.69. The maximum absolute atomic E-state index is 9.89. The number of ether oxygens (including phenoxy) is 2. The highest BCUT2D eigenvalue weighted by atomic mass is 16.5. The summed E-state index contributed by atoms with van der Waals surface area (Å²) >= 11 is 0. The van der Waals surface area contributed by atoms with Crippen LogP contribution in [0.5, 0.6) is 11.8 Å². The zero-order valence-electron chi connectivity index (χ0n) is 21.3. The molecule has 1 atom stereocenters. The smallest absolute Gasteiger partial charge is 0.241 e. The molecule has 0 aromatic carbocycles. The Bertz CT molecular complexity index is 1510. The number of nitrogens with zero attached hydrogens (tertiary/aromatic N) is 8. The van der Waals surface area contributed by atoms with Crippen LogP contribution < -0.4 is 9.47 Å². The van der Waals surface area contributed by atoms with Gasteiger partial charge in [0.1, 0.15) is 12.7 Å². The van der Waals surface area contributed by atoms with Crippen LogP contribution in [0, 0.1) is 18.3 Å². The molecule has 0 amide bonds. The van der Waals surface area contributed by atoms with Crippen LogP contribution in [0.2, 0.25) is 0 Å². The van der Waals surface area contributed by atoms with E-state index < -0.39 is 0 Å². The summed E-state index contributed by atoms with van der Waals surface area (Å²) in [5.74, 6) is 0.985. The average molecular weight is 504 g/mol. The highest BCUT2D eigenvalue weighted by molar-refractivity contribution is 5.92. The van der Waals surface area contributed by atoms with Gasteiger partial charge in [-0.3, -0.25) is 19.7 Å². The minimum absolute atomic E-state index is 0.0925. The lowest BCUT2D eigenvalue weighted by Gasteiger charge is -2.20. The van der Waals surface area contributed by atoms with Crippen molar-refractivity contribution in [1.82, 2.24) is 39.6 Å². The number of likely N-dealkylation sites (N-methyl/N-ethyl adjacent to an activating group) is 1. The van der Waals surface area contributed by atoms with Crippen LogP contribution >= 0.6 is 0 Å². The number of aromatic amines is 1. The molecule has 0 saturated heterocycles. The third-order valence-corrected chi connectivity index (χ3v) is 6.41. The monoisotopic (exact) mass is 503 g/mol. The third kappa shape index (κ3) is 4.54. The number of aromatic nitrogens is 7. The molecule has 0 saturated carbocycles. The molecule has 37 heavy (non-hydrogen) atoms. The summed E-state index contributed by atoms with van der Waals surface area (Å²) in [5, 5.41) is 36.6. The van der Waals surface area contributed by atoms with Gasteiger partial charge in [0, 0.05) is 25.5 Å². The molecule has 5 rings (SSSR count). The van der Waals surface area contributed by atoms with Gasteiger partial charge >= 0.3 is 0 Å². The SMILES string of the molecule is Cc1nn(C)c2c1-c1cc3c(n[nH]c3cn1)/C=C/c1c(OCC#N)nn(C(C)CO)c1CN(C)CCO2. The van der Waals surface area contributed by atoms with Crippen molar-refractivity contribution in [1.29, 1.82) is 5.26 Å². The van der Waals surface area contributed by atoms with E-state index in [1.807, 2.05) is 52.2 Å². The van der Waals surface area contributed by atoms with Gasteiger partial charge in [-0.2, -0.15) is 15.5 Å². The van der Waals surface area contributed by atoms with Crippen LogP contribution in [-0.4, -0.2) is 78.2 Å². The molecule has 4 aromatic rings. The Morgan fingerprint density at radius 3 is 2.92 bits per heavy atom. The van der Waals surface area contributed by atoms with Crippen molar-refractivity contribution in [2.24, 2.45) is 7.05 Å². The minimum Gasteiger partial charge on any atom is -0.476 e. The average Bonchev–Trinajstić information content (AvgIpc) is 3.53. The Labute approximate surface area is 213 Å². The van der Waals surface area contributed by atoms with E-state index in [1.54, 1.807) is 15.6 Å². The molecule has 0 radical (unpaired) electrons. The van der Waals surface area contributed by atoms with Gasteiger partial charge in [0.15, 0.2) is 6.61 Å². The van der Waals surface area contributed by atoms with Crippen molar-refractivity contribution < 1.29 is 14.6 Å². The second-order valence-electron chi connectivity index (χ2n) is 9.12. The van der Waals surface area contributed by atoms with Gasteiger partial charge in [-0.25, -0.2) is 4.68 Å². The molecular weight excluding hydrogens is 474 g/mol. The van der Waals surface area contributed by atoms with Gasteiger partial charge in [-0.15, -0.1) is 5.10 Å². The first-order valence-electron chi connectivity index (χ1n) is 12.0. The number of hydrogen-bond donors (Lipinski definition) is 2. The molecule has 0 fully saturated rings. The van der Waals surface area contributed by atoms with Crippen LogP contribution in [0.1, 0.15) is 35.6 Å². The fraction of sp³-hybridized carbons (Fsp3) is 0.400. The topological polar surface area (TPSA) is 143 Å². The fourth-order valence-corrected chi connectivity index (χ4v) is 4.53. The maximum Gasteiger partial charge on any atom is 0.241 e. The molecule has 1 aliphatic rings. The first-order valence-corrected chi connectivity index (χ1v) is 12.0. The second-order valence-corrected chi connectivity index (χ2v) is 9.12. The van der Waals surface area contributed by atoms with E-state index in [9.17, 15) is 5.11 Å². The number of fused-ring (bicyclic) bond motifs is 4. The number of hydrogen-bond acceptors (Lipinski definition) is 9. The zero-order chi connectivity index (χ0) is 26.1. The van der Waals surface area contributed by atoms with Gasteiger partial charge in [-0.05, 0) is 39.1 Å². The lowest BCUT2D eigenvalue weighted by Crippen LogP contribution is -2.27. The van der Waals surface area contributed by atoms with Gasteiger partial charge < -0.3 is 14.6 Å². The molecule has 192 valence electrons. The molecule has 4 aromatic heterocycles. The van der Waals surface area contributed by atoms with Crippen LogP contribution in [0.25, 0.3) is 34.3 Å². The molecule has 1 aliphatic heterocycles. The largest absolute Gasteiger partial charge is 0.476 e. The van der Waals surface area contributed by atoms with Gasteiger partial charge in [0.25, 0.3) is 0 Å². The molecule has 0 aliphatic carbocycles.